The Balaban J connectivity index is 3.90. The van der Waals surface area contributed by atoms with Crippen molar-refractivity contribution in [1.82, 2.24) is 4.72 Å². The molecule has 0 heterocycles. The van der Waals surface area contributed by atoms with Crippen LogP contribution in [0.2, 0.25) is 0 Å². The Morgan fingerprint density at radius 2 is 2.20 bits per heavy atom. The third-order valence-corrected chi connectivity index (χ3v) is 3.47. The number of hydrogen-bond donors (Lipinski definition) is 2. The van der Waals surface area contributed by atoms with Crippen molar-refractivity contribution >= 4 is 10.0 Å². The molecule has 7 heteroatoms. The molecule has 0 aliphatic heterocycles. The van der Waals surface area contributed by atoms with E-state index in [0.29, 0.717) is 0 Å². The molecule has 0 aromatic heterocycles. The summed E-state index contributed by atoms with van der Waals surface area (Å²) in [6.07, 6.45) is 0.253. The maximum Gasteiger partial charge on any atom is 0.228 e. The van der Waals surface area contributed by atoms with Crippen LogP contribution in [-0.4, -0.2) is 45.1 Å². The molecule has 88 valence electrons. The lowest BCUT2D eigenvalue weighted by Crippen LogP contribution is -2.35. The van der Waals surface area contributed by atoms with Gasteiger partial charge in [-0.15, -0.1) is 0 Å². The summed E-state index contributed by atoms with van der Waals surface area (Å²) in [5.74, 6) is 0. The van der Waals surface area contributed by atoms with Crippen LogP contribution < -0.4 is 4.72 Å². The molecule has 0 radical (unpaired) electrons. The highest BCUT2D eigenvalue weighted by atomic mass is 32.2. The van der Waals surface area contributed by atoms with Crippen LogP contribution in [-0.2, 0) is 14.8 Å². The van der Waals surface area contributed by atoms with Crippen molar-refractivity contribution in [3.8, 4) is 6.07 Å². The Bertz CT molecular complexity index is 296. The summed E-state index contributed by atoms with van der Waals surface area (Å²) in [6.45, 7) is 2.01. The van der Waals surface area contributed by atoms with Crippen LogP contribution in [0.15, 0.2) is 0 Å². The third kappa shape index (κ3) is 5.69. The minimum atomic E-state index is -3.56. The van der Waals surface area contributed by atoms with Crippen molar-refractivity contribution in [1.29, 1.82) is 5.26 Å². The van der Waals surface area contributed by atoms with Crippen LogP contribution >= 0.6 is 0 Å². The zero-order valence-corrected chi connectivity index (χ0v) is 9.46. The first-order chi connectivity index (χ1) is 7.08. The normalized spacial score (nSPS) is 13.4. The van der Waals surface area contributed by atoms with E-state index in [-0.39, 0.29) is 32.8 Å². The molecule has 1 unspecified atom stereocenters. The first-order valence-electron chi connectivity index (χ1n) is 4.65. The number of nitrogens with zero attached hydrogens (tertiary/aromatic N) is 1. The van der Waals surface area contributed by atoms with Gasteiger partial charge in [-0.2, -0.15) is 5.26 Å². The van der Waals surface area contributed by atoms with Crippen molar-refractivity contribution in [2.75, 3.05) is 26.4 Å². The van der Waals surface area contributed by atoms with Crippen molar-refractivity contribution < 1.29 is 18.3 Å². The van der Waals surface area contributed by atoms with Gasteiger partial charge >= 0.3 is 0 Å². The molecule has 0 rings (SSSR count). The van der Waals surface area contributed by atoms with Gasteiger partial charge in [0.25, 0.3) is 0 Å². The maximum absolute atomic E-state index is 11.4. The molecule has 0 aromatic carbocycles. The number of aliphatic hydroxyl groups excluding tert-OH is 1. The van der Waals surface area contributed by atoms with E-state index in [1.165, 1.54) is 0 Å². The number of nitrogens with one attached hydrogen (secondary N) is 1. The predicted octanol–water partition coefficient (Wildman–Crippen LogP) is -0.783. The Kier molecular flexibility index (Phi) is 7.25. The van der Waals surface area contributed by atoms with Gasteiger partial charge in [-0.25, -0.2) is 13.1 Å². The molecule has 0 saturated carbocycles. The zero-order valence-electron chi connectivity index (χ0n) is 8.64. The third-order valence-electron chi connectivity index (χ3n) is 1.67. The van der Waals surface area contributed by atoms with Crippen molar-refractivity contribution in [2.24, 2.45) is 0 Å². The van der Waals surface area contributed by atoms with Gasteiger partial charge in [0.15, 0.2) is 5.25 Å². The van der Waals surface area contributed by atoms with Crippen LogP contribution in [0.3, 0.4) is 0 Å². The van der Waals surface area contributed by atoms with Crippen molar-refractivity contribution in [3.05, 3.63) is 0 Å². The van der Waals surface area contributed by atoms with Gasteiger partial charge in [0, 0.05) is 6.54 Å². The highest BCUT2D eigenvalue weighted by Crippen LogP contribution is 2.01. The number of hydrogen-bond acceptors (Lipinski definition) is 5. The number of aliphatic hydroxyl groups is 1. The monoisotopic (exact) mass is 236 g/mol. The van der Waals surface area contributed by atoms with Gasteiger partial charge in [0.2, 0.25) is 10.0 Å². The van der Waals surface area contributed by atoms with E-state index in [1.807, 2.05) is 0 Å². The molecule has 15 heavy (non-hydrogen) atoms. The van der Waals surface area contributed by atoms with Gasteiger partial charge in [-0.3, -0.25) is 0 Å². The van der Waals surface area contributed by atoms with Gasteiger partial charge in [0.05, 0.1) is 25.9 Å². The van der Waals surface area contributed by atoms with E-state index in [0.717, 1.165) is 0 Å². The molecule has 2 N–H and O–H groups in total. The molecule has 1 atom stereocenters. The summed E-state index contributed by atoms with van der Waals surface area (Å²) < 4.78 is 29.9. The highest BCUT2D eigenvalue weighted by molar-refractivity contribution is 7.90. The average Bonchev–Trinajstić information content (AvgIpc) is 2.18. The topological polar surface area (TPSA) is 99.4 Å². The summed E-state index contributed by atoms with van der Waals surface area (Å²) in [5.41, 5.74) is 0. The molecule has 0 spiro atoms. The lowest BCUT2D eigenvalue weighted by atomic mass is 10.4. The Morgan fingerprint density at radius 1 is 1.53 bits per heavy atom. The zero-order chi connectivity index (χ0) is 11.7. The molecule has 6 nitrogen and oxygen atoms in total. The van der Waals surface area contributed by atoms with Crippen LogP contribution in [0.5, 0.6) is 0 Å². The first-order valence-corrected chi connectivity index (χ1v) is 6.19. The molecule has 0 fully saturated rings. The van der Waals surface area contributed by atoms with Crippen LogP contribution in [0.1, 0.15) is 13.3 Å². The standard InChI is InChI=1S/C8H16N2O4S/c1-2-8(7-9)15(12,13)10-3-5-14-6-4-11/h8,10-11H,2-6H2,1H3. The molecule has 0 amide bonds. The van der Waals surface area contributed by atoms with E-state index in [9.17, 15) is 8.42 Å². The molecule has 0 aliphatic carbocycles. The summed E-state index contributed by atoms with van der Waals surface area (Å²) in [5, 5.41) is 15.9. The molecular formula is C8H16N2O4S. The van der Waals surface area contributed by atoms with Gasteiger partial charge in [0.1, 0.15) is 0 Å². The van der Waals surface area contributed by atoms with Crippen molar-refractivity contribution in [3.63, 3.8) is 0 Å². The fraction of sp³-hybridized carbons (Fsp3) is 0.875. The number of rotatable bonds is 8. The van der Waals surface area contributed by atoms with Crippen LogP contribution in [0.25, 0.3) is 0 Å². The smallest absolute Gasteiger partial charge is 0.228 e. The second-order valence-corrected chi connectivity index (χ2v) is 4.75. The largest absolute Gasteiger partial charge is 0.394 e. The fourth-order valence-corrected chi connectivity index (χ4v) is 2.05. The Labute approximate surface area is 89.9 Å². The van der Waals surface area contributed by atoms with E-state index >= 15 is 0 Å². The molecular weight excluding hydrogens is 220 g/mol. The Morgan fingerprint density at radius 3 is 2.67 bits per heavy atom. The number of ether oxygens (including phenoxy) is 1. The predicted molar refractivity (Wildman–Crippen MR) is 54.5 cm³/mol. The lowest BCUT2D eigenvalue weighted by Gasteiger charge is -2.09. The summed E-state index contributed by atoms with van der Waals surface area (Å²) in [7, 11) is -3.56. The summed E-state index contributed by atoms with van der Waals surface area (Å²) >= 11 is 0. The van der Waals surface area contributed by atoms with Gasteiger partial charge in [-0.1, -0.05) is 6.92 Å². The minimum Gasteiger partial charge on any atom is -0.394 e. The maximum atomic E-state index is 11.4. The second kappa shape index (κ2) is 7.59. The molecule has 0 aromatic rings. The van der Waals surface area contributed by atoms with Crippen LogP contribution in [0, 0.1) is 11.3 Å². The molecule has 0 saturated heterocycles. The number of nitriles is 1. The summed E-state index contributed by atoms with van der Waals surface area (Å²) in [6, 6.07) is 1.71. The molecule has 0 aliphatic rings. The Hall–Kier alpha value is -0.680. The van der Waals surface area contributed by atoms with E-state index in [1.54, 1.807) is 13.0 Å². The van der Waals surface area contributed by atoms with E-state index in [2.05, 4.69) is 4.72 Å². The van der Waals surface area contributed by atoms with Gasteiger partial charge < -0.3 is 9.84 Å². The number of sulfonamides is 1. The first kappa shape index (κ1) is 14.3. The quantitative estimate of drug-likeness (QED) is 0.538. The highest BCUT2D eigenvalue weighted by Gasteiger charge is 2.22. The average molecular weight is 236 g/mol. The van der Waals surface area contributed by atoms with Gasteiger partial charge in [-0.05, 0) is 6.42 Å². The lowest BCUT2D eigenvalue weighted by molar-refractivity contribution is 0.0961. The summed E-state index contributed by atoms with van der Waals surface area (Å²) in [4.78, 5) is 0. The minimum absolute atomic E-state index is 0.0947. The second-order valence-electron chi connectivity index (χ2n) is 2.80. The van der Waals surface area contributed by atoms with Crippen molar-refractivity contribution in [2.45, 2.75) is 18.6 Å². The fourth-order valence-electron chi connectivity index (χ4n) is 0.903. The van der Waals surface area contributed by atoms with E-state index < -0.39 is 15.3 Å². The SMILES string of the molecule is CCC(C#N)S(=O)(=O)NCCOCCO. The molecule has 0 bridgehead atoms. The van der Waals surface area contributed by atoms with E-state index in [4.69, 9.17) is 15.1 Å². The van der Waals surface area contributed by atoms with Crippen LogP contribution in [0.4, 0.5) is 0 Å².